The van der Waals surface area contributed by atoms with Gasteiger partial charge in [-0.15, -0.1) is 0 Å². The maximum Gasteiger partial charge on any atom is 0.310 e. The normalized spacial score (nSPS) is 11.6. The minimum atomic E-state index is -1.93. The molecule has 0 aliphatic rings. The molecular weight excluding hydrogens is 302 g/mol. The number of ether oxygens (including phenoxy) is 1. The van der Waals surface area contributed by atoms with Crippen LogP contribution in [0.4, 0.5) is 0 Å². The predicted molar refractivity (Wildman–Crippen MR) is 97.2 cm³/mol. The van der Waals surface area contributed by atoms with E-state index < -0.39 is 8.07 Å². The first-order chi connectivity index (χ1) is 11.0. The van der Waals surface area contributed by atoms with E-state index in [9.17, 15) is 4.79 Å². The second kappa shape index (κ2) is 6.05. The quantitative estimate of drug-likeness (QED) is 0.592. The predicted octanol–water partition coefficient (Wildman–Crippen LogP) is 2.71. The van der Waals surface area contributed by atoms with Crippen LogP contribution in [-0.2, 0) is 16.0 Å². The van der Waals surface area contributed by atoms with Crippen molar-refractivity contribution >= 4 is 35.5 Å². The first-order valence-electron chi connectivity index (χ1n) is 7.76. The van der Waals surface area contributed by atoms with Gasteiger partial charge in [0.2, 0.25) is 0 Å². The molecule has 1 aromatic heterocycles. The van der Waals surface area contributed by atoms with Crippen LogP contribution in [0.2, 0.25) is 13.1 Å². The Morgan fingerprint density at radius 2 is 1.70 bits per heavy atom. The fourth-order valence-corrected chi connectivity index (χ4v) is 5.87. The summed E-state index contributed by atoms with van der Waals surface area (Å²) in [6.07, 6.45) is 0.305. The Labute approximate surface area is 137 Å². The summed E-state index contributed by atoms with van der Waals surface area (Å²) in [6.45, 7) is 4.63. The van der Waals surface area contributed by atoms with Gasteiger partial charge in [0.15, 0.2) is 0 Å². The van der Waals surface area contributed by atoms with Gasteiger partial charge in [0.05, 0.1) is 13.5 Å². The summed E-state index contributed by atoms with van der Waals surface area (Å²) >= 11 is 0. The molecule has 0 amide bonds. The van der Waals surface area contributed by atoms with Crippen LogP contribution in [0.25, 0.3) is 10.9 Å². The van der Waals surface area contributed by atoms with Crippen LogP contribution in [0, 0.1) is 0 Å². The number of rotatable bonds is 4. The Morgan fingerprint density at radius 3 is 2.39 bits per heavy atom. The Bertz CT molecular complexity index is 837. The maximum atomic E-state index is 11.9. The summed E-state index contributed by atoms with van der Waals surface area (Å²) < 4.78 is 4.91. The summed E-state index contributed by atoms with van der Waals surface area (Å²) in [7, 11) is -0.485. The van der Waals surface area contributed by atoms with Gasteiger partial charge in [-0.05, 0) is 11.6 Å². The molecule has 0 atom stereocenters. The number of benzene rings is 2. The van der Waals surface area contributed by atoms with E-state index in [1.807, 2.05) is 18.2 Å². The van der Waals surface area contributed by atoms with Crippen LogP contribution in [0.15, 0.2) is 54.6 Å². The van der Waals surface area contributed by atoms with Gasteiger partial charge in [0.1, 0.15) is 8.07 Å². The Kier molecular flexibility index (Phi) is 4.09. The summed E-state index contributed by atoms with van der Waals surface area (Å²) in [5.41, 5.74) is 2.16. The average molecular weight is 323 g/mol. The molecule has 4 heteroatoms. The van der Waals surface area contributed by atoms with Gasteiger partial charge in [-0.3, -0.25) is 4.79 Å². The lowest BCUT2D eigenvalue weighted by atomic mass is 10.1. The van der Waals surface area contributed by atoms with E-state index in [2.05, 4.69) is 54.5 Å². The van der Waals surface area contributed by atoms with Crippen LogP contribution in [0.3, 0.4) is 0 Å². The molecule has 0 saturated carbocycles. The number of aromatic nitrogens is 1. The smallest absolute Gasteiger partial charge is 0.310 e. The van der Waals surface area contributed by atoms with Crippen LogP contribution < -0.4 is 10.5 Å². The molecule has 0 unspecified atom stereocenters. The fraction of sp³-hybridized carbons (Fsp3) is 0.211. The third-order valence-corrected chi connectivity index (χ3v) is 7.94. The monoisotopic (exact) mass is 323 g/mol. The van der Waals surface area contributed by atoms with E-state index in [0.717, 1.165) is 16.5 Å². The van der Waals surface area contributed by atoms with Gasteiger partial charge in [0.25, 0.3) is 0 Å². The van der Waals surface area contributed by atoms with E-state index in [1.54, 1.807) is 0 Å². The van der Waals surface area contributed by atoms with Crippen molar-refractivity contribution in [3.8, 4) is 0 Å². The lowest BCUT2D eigenvalue weighted by Gasteiger charge is -2.23. The van der Waals surface area contributed by atoms with Crippen molar-refractivity contribution in [1.82, 2.24) is 4.98 Å². The molecule has 0 aliphatic heterocycles. The number of esters is 1. The van der Waals surface area contributed by atoms with Gasteiger partial charge in [0, 0.05) is 16.2 Å². The van der Waals surface area contributed by atoms with E-state index in [0.29, 0.717) is 6.42 Å². The van der Waals surface area contributed by atoms with Crippen molar-refractivity contribution in [2.45, 2.75) is 19.5 Å². The first kappa shape index (κ1) is 15.6. The second-order valence-corrected chi connectivity index (χ2v) is 10.6. The second-order valence-electron chi connectivity index (χ2n) is 6.27. The van der Waals surface area contributed by atoms with Crippen molar-refractivity contribution in [3.63, 3.8) is 0 Å². The van der Waals surface area contributed by atoms with E-state index in [1.165, 1.54) is 17.6 Å². The zero-order valence-electron chi connectivity index (χ0n) is 13.7. The molecule has 3 rings (SSSR count). The SMILES string of the molecule is COC(=O)Cc1c([Si](C)(C)c2ccccc2)[nH]c2ccccc12. The number of methoxy groups -OCH3 is 1. The number of fused-ring (bicyclic) bond motifs is 1. The third kappa shape index (κ3) is 2.82. The molecule has 3 nitrogen and oxygen atoms in total. The summed E-state index contributed by atoms with van der Waals surface area (Å²) in [5, 5.41) is 3.66. The highest BCUT2D eigenvalue weighted by Crippen LogP contribution is 2.20. The van der Waals surface area contributed by atoms with Crippen molar-refractivity contribution < 1.29 is 9.53 Å². The molecule has 2 aromatic carbocycles. The third-order valence-electron chi connectivity index (χ3n) is 4.48. The van der Waals surface area contributed by atoms with Gasteiger partial charge in [-0.1, -0.05) is 66.8 Å². The molecule has 0 radical (unpaired) electrons. The molecular formula is C19H21NO2Si. The maximum absolute atomic E-state index is 11.9. The molecule has 3 aromatic rings. The van der Waals surface area contributed by atoms with E-state index >= 15 is 0 Å². The highest BCUT2D eigenvalue weighted by Gasteiger charge is 2.31. The lowest BCUT2D eigenvalue weighted by Crippen LogP contribution is -2.55. The molecule has 0 spiro atoms. The van der Waals surface area contributed by atoms with Gasteiger partial charge >= 0.3 is 5.97 Å². The van der Waals surface area contributed by atoms with Crippen molar-refractivity contribution in [3.05, 3.63) is 60.2 Å². The zero-order valence-corrected chi connectivity index (χ0v) is 14.7. The van der Waals surface area contributed by atoms with Crippen LogP contribution in [0.1, 0.15) is 5.56 Å². The molecule has 1 N–H and O–H groups in total. The number of carbonyl (C=O) groups is 1. The molecule has 0 bridgehead atoms. The lowest BCUT2D eigenvalue weighted by molar-refractivity contribution is -0.139. The summed E-state index contributed by atoms with van der Waals surface area (Å²) in [4.78, 5) is 15.5. The Hall–Kier alpha value is -2.33. The molecule has 0 saturated heterocycles. The van der Waals surface area contributed by atoms with Crippen LogP contribution in [0.5, 0.6) is 0 Å². The van der Waals surface area contributed by atoms with Gasteiger partial charge in [-0.2, -0.15) is 0 Å². The summed E-state index contributed by atoms with van der Waals surface area (Å²) in [6, 6.07) is 18.7. The van der Waals surface area contributed by atoms with Crippen LogP contribution >= 0.6 is 0 Å². The molecule has 0 aliphatic carbocycles. The van der Waals surface area contributed by atoms with E-state index in [-0.39, 0.29) is 5.97 Å². The minimum Gasteiger partial charge on any atom is -0.469 e. The van der Waals surface area contributed by atoms with Gasteiger partial charge in [-0.25, -0.2) is 0 Å². The number of H-pyrrole nitrogens is 1. The summed E-state index contributed by atoms with van der Waals surface area (Å²) in [5.74, 6) is -0.200. The number of nitrogens with one attached hydrogen (secondary N) is 1. The Morgan fingerprint density at radius 1 is 1.04 bits per heavy atom. The highest BCUT2D eigenvalue weighted by atomic mass is 28.3. The van der Waals surface area contributed by atoms with Crippen molar-refractivity contribution in [1.29, 1.82) is 0 Å². The van der Waals surface area contributed by atoms with Crippen molar-refractivity contribution in [2.24, 2.45) is 0 Å². The van der Waals surface area contributed by atoms with Crippen molar-refractivity contribution in [2.75, 3.05) is 7.11 Å². The minimum absolute atomic E-state index is 0.200. The number of para-hydroxylation sites is 1. The average Bonchev–Trinajstić information content (AvgIpc) is 2.95. The topological polar surface area (TPSA) is 42.1 Å². The van der Waals surface area contributed by atoms with E-state index in [4.69, 9.17) is 4.74 Å². The fourth-order valence-electron chi connectivity index (χ4n) is 3.13. The number of hydrogen-bond donors (Lipinski definition) is 1. The number of hydrogen-bond acceptors (Lipinski definition) is 2. The zero-order chi connectivity index (χ0) is 16.4. The number of aromatic amines is 1. The Balaban J connectivity index is 2.20. The molecule has 1 heterocycles. The van der Waals surface area contributed by atoms with Gasteiger partial charge < -0.3 is 9.72 Å². The van der Waals surface area contributed by atoms with Crippen LogP contribution in [-0.4, -0.2) is 26.1 Å². The molecule has 118 valence electrons. The standard InChI is InChI=1S/C19H21NO2Si/c1-22-18(21)13-16-15-11-7-8-12-17(15)20-19(16)23(2,3)14-9-5-4-6-10-14/h4-12,20H,13H2,1-3H3. The largest absolute Gasteiger partial charge is 0.469 e. The number of carbonyl (C=O) groups excluding carboxylic acids is 1. The highest BCUT2D eigenvalue weighted by molar-refractivity contribution is 7.00. The first-order valence-corrected chi connectivity index (χ1v) is 10.8. The molecule has 0 fully saturated rings. The molecule has 23 heavy (non-hydrogen) atoms.